The minimum atomic E-state index is -0.583. The molecule has 1 aliphatic rings. The lowest BCUT2D eigenvalue weighted by Gasteiger charge is -2.18. The van der Waals surface area contributed by atoms with Gasteiger partial charge in [-0.05, 0) is 0 Å². The van der Waals surface area contributed by atoms with Crippen molar-refractivity contribution in [2.24, 2.45) is 4.99 Å². The topological polar surface area (TPSA) is 32.7 Å². The maximum Gasteiger partial charge on any atom is 0.149 e. The first-order valence-corrected chi connectivity index (χ1v) is 3.25. The monoisotopic (exact) mass is 178 g/mol. The molecular weight excluding hydrogens is 175 g/mol. The third kappa shape index (κ3) is 1.30. The molecule has 0 aromatic rings. The Morgan fingerprint density at radius 2 is 2.50 bits per heavy atom. The van der Waals surface area contributed by atoms with Gasteiger partial charge in [0.15, 0.2) is 0 Å². The van der Waals surface area contributed by atoms with E-state index in [1.807, 2.05) is 0 Å². The molecule has 0 fully saturated rings. The first-order chi connectivity index (χ1) is 4.75. The van der Waals surface area contributed by atoms with Crippen molar-refractivity contribution in [2.45, 2.75) is 6.04 Å². The lowest BCUT2D eigenvalue weighted by Crippen LogP contribution is -2.29. The van der Waals surface area contributed by atoms with Crippen molar-refractivity contribution < 1.29 is 4.79 Å². The van der Waals surface area contributed by atoms with Crippen LogP contribution >= 0.6 is 23.4 Å². The van der Waals surface area contributed by atoms with Crippen molar-refractivity contribution in [3.63, 3.8) is 0 Å². The quantitative estimate of drug-likeness (QED) is 0.446. The van der Waals surface area contributed by atoms with Crippen LogP contribution in [0.3, 0.4) is 0 Å². The summed E-state index contributed by atoms with van der Waals surface area (Å²) in [7, 11) is 0. The summed E-state index contributed by atoms with van der Waals surface area (Å²) in [6.45, 7) is 0. The third-order valence-electron chi connectivity index (χ3n) is 1.05. The number of halogens is 2. The molecule has 1 unspecified atom stereocenters. The molecule has 54 valence electrons. The second-order valence-electron chi connectivity index (χ2n) is 1.70. The van der Waals surface area contributed by atoms with Gasteiger partial charge in [0.1, 0.15) is 18.7 Å². The Morgan fingerprint density at radius 1 is 1.80 bits per heavy atom. The average Bonchev–Trinajstić information content (AvgIpc) is 1.88. The van der Waals surface area contributed by atoms with E-state index in [0.29, 0.717) is 11.3 Å². The molecule has 0 spiro atoms. The molecule has 1 aliphatic heterocycles. The molecule has 0 saturated heterocycles. The Kier molecular flexibility index (Phi) is 2.29. The molecule has 0 saturated carbocycles. The largest absolute Gasteiger partial charge is 0.301 e. The van der Waals surface area contributed by atoms with Gasteiger partial charge in [-0.3, -0.25) is 4.42 Å². The molecule has 1 heterocycles. The van der Waals surface area contributed by atoms with Crippen LogP contribution in [0.4, 0.5) is 0 Å². The van der Waals surface area contributed by atoms with E-state index in [9.17, 15) is 4.79 Å². The van der Waals surface area contributed by atoms with Crippen LogP contribution in [0, 0.1) is 0 Å². The van der Waals surface area contributed by atoms with E-state index < -0.39 is 6.04 Å². The second-order valence-corrected chi connectivity index (χ2v) is 2.53. The molecule has 0 aliphatic carbocycles. The van der Waals surface area contributed by atoms with Gasteiger partial charge in [-0.25, -0.2) is 4.99 Å². The first-order valence-electron chi connectivity index (χ1n) is 2.54. The number of carbonyl (C=O) groups excluding carboxylic acids is 1. The maximum atomic E-state index is 10.3. The number of hydrogen-bond donors (Lipinski definition) is 0. The predicted molar refractivity (Wildman–Crippen MR) is 40.0 cm³/mol. The van der Waals surface area contributed by atoms with E-state index >= 15 is 0 Å². The number of nitrogens with zero attached hydrogens (tertiary/aromatic N) is 2. The molecular formula is C5H4Cl2N2O. The maximum absolute atomic E-state index is 10.3. The van der Waals surface area contributed by atoms with Gasteiger partial charge in [-0.15, -0.1) is 0 Å². The summed E-state index contributed by atoms with van der Waals surface area (Å²) in [5.41, 5.74) is 0. The summed E-state index contributed by atoms with van der Waals surface area (Å²) >= 11 is 11.1. The van der Waals surface area contributed by atoms with Gasteiger partial charge in [0.05, 0.1) is 5.03 Å². The molecule has 0 radical (unpaired) electrons. The van der Waals surface area contributed by atoms with Gasteiger partial charge in [0.2, 0.25) is 0 Å². The SMILES string of the molecule is O=CC1C(Cl)=CN=CN1Cl. The highest BCUT2D eigenvalue weighted by Gasteiger charge is 2.19. The van der Waals surface area contributed by atoms with E-state index in [0.717, 1.165) is 4.42 Å². The normalized spacial score (nSPS) is 24.4. The Morgan fingerprint density at radius 3 is 2.90 bits per heavy atom. The lowest BCUT2D eigenvalue weighted by molar-refractivity contribution is -0.109. The van der Waals surface area contributed by atoms with Crippen molar-refractivity contribution in [2.75, 3.05) is 0 Å². The van der Waals surface area contributed by atoms with Crippen molar-refractivity contribution in [3.8, 4) is 0 Å². The molecule has 0 aromatic heterocycles. The third-order valence-corrected chi connectivity index (χ3v) is 1.67. The molecule has 3 nitrogen and oxygen atoms in total. The fourth-order valence-corrected chi connectivity index (χ4v) is 1.02. The van der Waals surface area contributed by atoms with E-state index in [-0.39, 0.29) is 0 Å². The Labute approximate surface area is 68.0 Å². The van der Waals surface area contributed by atoms with Gasteiger partial charge >= 0.3 is 0 Å². The van der Waals surface area contributed by atoms with Crippen LogP contribution in [0.25, 0.3) is 0 Å². The zero-order chi connectivity index (χ0) is 7.56. The standard InChI is InChI=1S/C5H4Cl2N2O/c6-4-1-8-3-9(7)5(4)2-10/h1-3,5H. The minimum Gasteiger partial charge on any atom is -0.301 e. The van der Waals surface area contributed by atoms with E-state index in [2.05, 4.69) is 4.99 Å². The first kappa shape index (κ1) is 7.57. The number of hydrogen-bond acceptors (Lipinski definition) is 3. The molecule has 1 atom stereocenters. The van der Waals surface area contributed by atoms with E-state index in [1.165, 1.54) is 12.5 Å². The number of aldehydes is 1. The molecule has 0 aromatic carbocycles. The summed E-state index contributed by atoms with van der Waals surface area (Å²) in [4.78, 5) is 13.9. The zero-order valence-corrected chi connectivity index (χ0v) is 6.38. The summed E-state index contributed by atoms with van der Waals surface area (Å²) in [6, 6.07) is -0.583. The van der Waals surface area contributed by atoms with Crippen LogP contribution in [0.1, 0.15) is 0 Å². The van der Waals surface area contributed by atoms with Gasteiger partial charge in [0.25, 0.3) is 0 Å². The number of carbonyl (C=O) groups is 1. The van der Waals surface area contributed by atoms with Crippen LogP contribution in [-0.2, 0) is 4.79 Å². The number of aliphatic imine (C=N–C) groups is 1. The predicted octanol–water partition coefficient (Wildman–Crippen LogP) is 1.13. The Bertz CT molecular complexity index is 202. The van der Waals surface area contributed by atoms with Gasteiger partial charge in [-0.2, -0.15) is 0 Å². The number of rotatable bonds is 1. The highest BCUT2D eigenvalue weighted by atomic mass is 35.5. The molecule has 1 rings (SSSR count). The average molecular weight is 179 g/mol. The minimum absolute atomic E-state index is 0.326. The van der Waals surface area contributed by atoms with Crippen LogP contribution in [0.5, 0.6) is 0 Å². The molecule has 0 amide bonds. The summed E-state index contributed by atoms with van der Waals surface area (Å²) in [5, 5.41) is 0.326. The summed E-state index contributed by atoms with van der Waals surface area (Å²) < 4.78 is 1.12. The van der Waals surface area contributed by atoms with Crippen LogP contribution in [-0.4, -0.2) is 23.1 Å². The van der Waals surface area contributed by atoms with E-state index in [4.69, 9.17) is 23.4 Å². The van der Waals surface area contributed by atoms with E-state index in [1.54, 1.807) is 0 Å². The fraction of sp³-hybridized carbons (Fsp3) is 0.200. The van der Waals surface area contributed by atoms with Crippen molar-refractivity contribution >= 4 is 36.0 Å². The molecule has 0 bridgehead atoms. The molecule has 10 heavy (non-hydrogen) atoms. The summed E-state index contributed by atoms with van der Waals surface area (Å²) in [5.74, 6) is 0. The lowest BCUT2D eigenvalue weighted by atomic mass is 10.3. The van der Waals surface area contributed by atoms with Crippen molar-refractivity contribution in [3.05, 3.63) is 11.2 Å². The molecule has 0 N–H and O–H groups in total. The molecule has 5 heteroatoms. The second kappa shape index (κ2) is 3.03. The van der Waals surface area contributed by atoms with Crippen LogP contribution < -0.4 is 0 Å². The fourth-order valence-electron chi connectivity index (χ4n) is 0.557. The smallest absolute Gasteiger partial charge is 0.149 e. The van der Waals surface area contributed by atoms with Crippen LogP contribution in [0.15, 0.2) is 16.2 Å². The summed E-state index contributed by atoms with van der Waals surface area (Å²) in [6.07, 6.45) is 3.36. The van der Waals surface area contributed by atoms with Gasteiger partial charge < -0.3 is 4.79 Å². The Hall–Kier alpha value is -0.540. The van der Waals surface area contributed by atoms with Gasteiger partial charge in [-0.1, -0.05) is 11.6 Å². The highest BCUT2D eigenvalue weighted by Crippen LogP contribution is 2.16. The van der Waals surface area contributed by atoms with Gasteiger partial charge in [0, 0.05) is 18.0 Å². The Balaban J connectivity index is 2.80. The van der Waals surface area contributed by atoms with Crippen molar-refractivity contribution in [1.82, 2.24) is 4.42 Å². The highest BCUT2D eigenvalue weighted by molar-refractivity contribution is 6.33. The van der Waals surface area contributed by atoms with Crippen molar-refractivity contribution in [1.29, 1.82) is 0 Å². The zero-order valence-electron chi connectivity index (χ0n) is 4.87. The van der Waals surface area contributed by atoms with Crippen LogP contribution in [0.2, 0.25) is 0 Å².